The lowest BCUT2D eigenvalue weighted by Crippen LogP contribution is -2.70. The fraction of sp³-hybridized carbons (Fsp3) is 0.212. The molecule has 0 saturated heterocycles. The third-order valence-corrected chi connectivity index (χ3v) is 8.75. The SMILES string of the molecule is CN(C)[C@@H]1C(=O)C(C(N)=O)=C(O)[C@@]2(O)C(=O)C3=C(O)c4c(O)c(-c5ccccc5)cc(-c5ccccc5)c4[CH][C@H]3[C@H](O)[C@@H]12. The molecule has 0 heterocycles. The molecule has 3 aromatic carbocycles. The Morgan fingerprint density at radius 1 is 0.907 bits per heavy atom. The number of carbonyl (C=O) groups is 3. The maximum absolute atomic E-state index is 14.2. The predicted octanol–water partition coefficient (Wildman–Crippen LogP) is 2.28. The van der Waals surface area contributed by atoms with Crippen molar-refractivity contribution in [2.75, 3.05) is 14.1 Å². The Kier molecular flexibility index (Phi) is 6.53. The van der Waals surface area contributed by atoms with Crippen molar-refractivity contribution in [2.45, 2.75) is 17.7 Å². The lowest BCUT2D eigenvalue weighted by Gasteiger charge is -2.52. The number of ketones is 2. The van der Waals surface area contributed by atoms with Crippen molar-refractivity contribution in [2.24, 2.45) is 17.6 Å². The minimum atomic E-state index is -2.98. The van der Waals surface area contributed by atoms with E-state index in [-0.39, 0.29) is 11.3 Å². The Bertz CT molecular complexity index is 1760. The molecule has 3 aliphatic carbocycles. The number of hydrogen-bond donors (Lipinski definition) is 6. The number of aromatic hydroxyl groups is 1. The van der Waals surface area contributed by atoms with Crippen LogP contribution in [0.2, 0.25) is 0 Å². The van der Waals surface area contributed by atoms with Crippen molar-refractivity contribution in [1.29, 1.82) is 0 Å². The van der Waals surface area contributed by atoms with Crippen LogP contribution in [0.25, 0.3) is 28.0 Å². The number of aliphatic hydroxyl groups excluding tert-OH is 3. The minimum Gasteiger partial charge on any atom is -0.508 e. The summed E-state index contributed by atoms with van der Waals surface area (Å²) in [5, 5.41) is 58.0. The molecular formula is C33H29N2O8. The van der Waals surface area contributed by atoms with E-state index in [9.17, 15) is 39.9 Å². The van der Waals surface area contributed by atoms with Gasteiger partial charge in [0.15, 0.2) is 11.4 Å². The van der Waals surface area contributed by atoms with Crippen LogP contribution in [0.1, 0.15) is 11.1 Å². The van der Waals surface area contributed by atoms with Crippen molar-refractivity contribution >= 4 is 23.2 Å². The smallest absolute Gasteiger partial charge is 0.255 e. The number of phenols is 1. The molecule has 43 heavy (non-hydrogen) atoms. The van der Waals surface area contributed by atoms with Gasteiger partial charge in [0.2, 0.25) is 5.78 Å². The molecule has 10 heteroatoms. The molecule has 10 nitrogen and oxygen atoms in total. The minimum absolute atomic E-state index is 0.108. The summed E-state index contributed by atoms with van der Waals surface area (Å²) < 4.78 is 0. The summed E-state index contributed by atoms with van der Waals surface area (Å²) in [6.45, 7) is 0. The van der Waals surface area contributed by atoms with E-state index in [2.05, 4.69) is 0 Å². The predicted molar refractivity (Wildman–Crippen MR) is 156 cm³/mol. The molecule has 3 aliphatic rings. The molecule has 219 valence electrons. The zero-order chi connectivity index (χ0) is 31.0. The number of hydrogen-bond acceptors (Lipinski definition) is 9. The van der Waals surface area contributed by atoms with Gasteiger partial charge in [0.05, 0.1) is 23.6 Å². The first kappa shape index (κ1) is 28.4. The lowest BCUT2D eigenvalue weighted by atomic mass is 9.56. The largest absolute Gasteiger partial charge is 0.508 e. The molecule has 1 amide bonds. The number of amides is 1. The summed E-state index contributed by atoms with van der Waals surface area (Å²) in [5.74, 6) is -8.78. The van der Waals surface area contributed by atoms with E-state index in [0.29, 0.717) is 22.3 Å². The van der Waals surface area contributed by atoms with Crippen LogP contribution in [0.4, 0.5) is 0 Å². The maximum Gasteiger partial charge on any atom is 0.255 e. The number of likely N-dealkylation sites (N-methyl/N-ethyl adjacent to an activating group) is 1. The molecule has 6 rings (SSSR count). The Morgan fingerprint density at radius 3 is 2.00 bits per heavy atom. The third kappa shape index (κ3) is 3.87. The van der Waals surface area contributed by atoms with Crippen LogP contribution in [0, 0.1) is 18.3 Å². The molecule has 0 unspecified atom stereocenters. The molecule has 0 spiro atoms. The van der Waals surface area contributed by atoms with Crippen LogP contribution in [0.3, 0.4) is 0 Å². The van der Waals surface area contributed by atoms with Crippen LogP contribution >= 0.6 is 0 Å². The number of fused-ring (bicyclic) bond motifs is 3. The number of rotatable bonds is 4. The summed E-state index contributed by atoms with van der Waals surface area (Å²) in [7, 11) is 2.92. The molecule has 7 N–H and O–H groups in total. The number of nitrogens with zero attached hydrogens (tertiary/aromatic N) is 1. The summed E-state index contributed by atoms with van der Waals surface area (Å²) in [4.78, 5) is 41.1. The molecule has 1 saturated carbocycles. The van der Waals surface area contributed by atoms with Crippen LogP contribution < -0.4 is 5.73 Å². The quantitative estimate of drug-likeness (QED) is 0.252. The number of aliphatic hydroxyl groups is 4. The van der Waals surface area contributed by atoms with Gasteiger partial charge in [-0.2, -0.15) is 0 Å². The molecule has 0 bridgehead atoms. The average molecular weight is 582 g/mol. The Hall–Kier alpha value is -4.77. The Labute approximate surface area is 246 Å². The van der Waals surface area contributed by atoms with E-state index in [1.54, 1.807) is 30.3 Å². The molecule has 0 aromatic heterocycles. The van der Waals surface area contributed by atoms with Gasteiger partial charge in [-0.15, -0.1) is 0 Å². The summed E-state index contributed by atoms with van der Waals surface area (Å²) >= 11 is 0. The average Bonchev–Trinajstić information content (AvgIpc) is 2.98. The van der Waals surface area contributed by atoms with Gasteiger partial charge in [-0.05, 0) is 42.4 Å². The standard InChI is InChI=1S/C33H29N2O8/c1-35(2)25-24-27(37)20-14-19-17(15-9-5-3-6-10-15)13-18(16-11-7-4-8-12-16)26(36)21(19)28(38)22(20)30(40)33(24,43)31(41)23(29(25)39)32(34)42/h3-14,20,24-25,27,36-38,41,43H,1-2H3,(H2,34,42)/t20-,24-,25+,27+,33+/m1/s1. The first-order valence-corrected chi connectivity index (χ1v) is 13.6. The van der Waals surface area contributed by atoms with Crippen LogP contribution in [-0.4, -0.2) is 79.7 Å². The fourth-order valence-corrected chi connectivity index (χ4v) is 6.80. The van der Waals surface area contributed by atoms with Crippen molar-refractivity contribution < 1.29 is 39.9 Å². The lowest BCUT2D eigenvalue weighted by molar-refractivity contribution is -0.167. The first-order chi connectivity index (χ1) is 20.4. The number of carbonyl (C=O) groups excluding carboxylic acids is 3. The second kappa shape index (κ2) is 9.91. The molecule has 1 radical (unpaired) electrons. The number of Topliss-reactive ketones (excluding diaryl/α,β-unsaturated/α-hetero) is 2. The van der Waals surface area contributed by atoms with E-state index < -0.39 is 69.7 Å². The molecule has 3 aromatic rings. The zero-order valence-electron chi connectivity index (χ0n) is 23.2. The van der Waals surface area contributed by atoms with Gasteiger partial charge >= 0.3 is 0 Å². The Balaban J connectivity index is 1.66. The van der Waals surface area contributed by atoms with Crippen molar-refractivity contribution in [3.8, 4) is 28.0 Å². The van der Waals surface area contributed by atoms with Gasteiger partial charge in [-0.3, -0.25) is 19.3 Å². The zero-order valence-corrected chi connectivity index (χ0v) is 23.2. The molecule has 5 atom stereocenters. The van der Waals surface area contributed by atoms with E-state index in [1.807, 2.05) is 36.4 Å². The first-order valence-electron chi connectivity index (χ1n) is 13.6. The van der Waals surface area contributed by atoms with Crippen LogP contribution in [-0.2, 0) is 14.4 Å². The number of benzene rings is 3. The number of nitrogens with two attached hydrogens (primary N) is 1. The van der Waals surface area contributed by atoms with Gasteiger partial charge in [-0.25, -0.2) is 0 Å². The Morgan fingerprint density at radius 2 is 1.47 bits per heavy atom. The van der Waals surface area contributed by atoms with Crippen LogP contribution in [0.5, 0.6) is 5.75 Å². The second-order valence-corrected chi connectivity index (χ2v) is 11.3. The third-order valence-electron chi connectivity index (χ3n) is 8.75. The maximum atomic E-state index is 14.2. The highest BCUT2D eigenvalue weighted by Crippen LogP contribution is 2.55. The molecule has 0 aliphatic heterocycles. The molecular weight excluding hydrogens is 552 g/mol. The van der Waals surface area contributed by atoms with Crippen molar-refractivity contribution in [3.63, 3.8) is 0 Å². The summed E-state index contributed by atoms with van der Waals surface area (Å²) in [6.07, 6.45) is -0.189. The monoisotopic (exact) mass is 581 g/mol. The van der Waals surface area contributed by atoms with Gasteiger partial charge in [0, 0.05) is 23.5 Å². The number of primary amides is 1. The highest BCUT2D eigenvalue weighted by Gasteiger charge is 2.67. The molecule has 1 fully saturated rings. The van der Waals surface area contributed by atoms with Crippen molar-refractivity contribution in [1.82, 2.24) is 4.90 Å². The van der Waals surface area contributed by atoms with E-state index in [0.717, 1.165) is 5.56 Å². The second-order valence-electron chi connectivity index (χ2n) is 11.3. The number of phenolic OH excluding ortho intramolecular Hbond substituents is 1. The van der Waals surface area contributed by atoms with E-state index >= 15 is 0 Å². The van der Waals surface area contributed by atoms with E-state index in [1.165, 1.54) is 25.4 Å². The highest BCUT2D eigenvalue weighted by molar-refractivity contribution is 6.24. The van der Waals surface area contributed by atoms with E-state index in [4.69, 9.17) is 5.73 Å². The van der Waals surface area contributed by atoms with Crippen LogP contribution in [0.15, 0.2) is 83.6 Å². The summed E-state index contributed by atoms with van der Waals surface area (Å²) in [5.41, 5.74) is 3.46. The van der Waals surface area contributed by atoms with Gasteiger partial charge in [0.25, 0.3) is 5.91 Å². The fourth-order valence-electron chi connectivity index (χ4n) is 6.80. The van der Waals surface area contributed by atoms with Gasteiger partial charge < -0.3 is 31.3 Å². The normalized spacial score (nSPS) is 26.7. The highest BCUT2D eigenvalue weighted by atomic mass is 16.4. The van der Waals surface area contributed by atoms with Crippen molar-refractivity contribution in [3.05, 3.63) is 101 Å². The topological polar surface area (TPSA) is 182 Å². The van der Waals surface area contributed by atoms with Gasteiger partial charge in [0.1, 0.15) is 22.8 Å². The summed E-state index contributed by atoms with van der Waals surface area (Å²) in [6, 6.07) is 18.4. The van der Waals surface area contributed by atoms with Gasteiger partial charge in [-0.1, -0.05) is 60.7 Å².